The Balaban J connectivity index is 1.45. The molecule has 1 aromatic heterocycles. The van der Waals surface area contributed by atoms with Crippen molar-refractivity contribution >= 4 is 27.0 Å². The van der Waals surface area contributed by atoms with Crippen LogP contribution in [0.4, 0.5) is 0 Å². The zero-order chi connectivity index (χ0) is 20.4. The highest BCUT2D eigenvalue weighted by atomic mass is 32.2. The van der Waals surface area contributed by atoms with E-state index in [1.54, 1.807) is 24.0 Å². The molecule has 2 aromatic carbocycles. The Morgan fingerprint density at radius 2 is 1.93 bits per heavy atom. The molecular formula is C21H23N3O4S. The van der Waals surface area contributed by atoms with Crippen LogP contribution < -0.4 is 4.72 Å². The van der Waals surface area contributed by atoms with Gasteiger partial charge in [0.25, 0.3) is 5.91 Å². The average Bonchev–Trinajstić information content (AvgIpc) is 3.18. The van der Waals surface area contributed by atoms with E-state index in [1.165, 1.54) is 12.1 Å². The van der Waals surface area contributed by atoms with Crippen molar-refractivity contribution in [1.82, 2.24) is 14.6 Å². The smallest absolute Gasteiger partial charge is 0.253 e. The lowest BCUT2D eigenvalue weighted by Gasteiger charge is -2.30. The summed E-state index contributed by atoms with van der Waals surface area (Å²) in [6, 6.07) is 13.9. The lowest BCUT2D eigenvalue weighted by molar-refractivity contribution is 0.0706. The molecular weight excluding hydrogens is 390 g/mol. The minimum absolute atomic E-state index is 0.103. The Morgan fingerprint density at radius 1 is 1.17 bits per heavy atom. The van der Waals surface area contributed by atoms with E-state index in [-0.39, 0.29) is 16.7 Å². The molecule has 0 aliphatic carbocycles. The zero-order valence-electron chi connectivity index (χ0n) is 16.2. The number of rotatable bonds is 5. The quantitative estimate of drug-likeness (QED) is 0.694. The maximum absolute atomic E-state index is 12.9. The van der Waals surface area contributed by atoms with Crippen molar-refractivity contribution < 1.29 is 17.6 Å². The van der Waals surface area contributed by atoms with Crippen LogP contribution in [0.5, 0.6) is 0 Å². The Bertz CT molecular complexity index is 1100. The molecule has 1 saturated heterocycles. The van der Waals surface area contributed by atoms with Crippen LogP contribution in [-0.2, 0) is 10.0 Å². The highest BCUT2D eigenvalue weighted by molar-refractivity contribution is 7.89. The predicted octanol–water partition coefficient (Wildman–Crippen LogP) is 3.15. The Labute approximate surface area is 169 Å². The van der Waals surface area contributed by atoms with Crippen LogP contribution in [0, 0.1) is 0 Å². The highest BCUT2D eigenvalue weighted by Crippen LogP contribution is 2.30. The standard InChI is InChI=1S/C21H23N3O4S/c1-2-22-29(26,27)17-7-5-6-16(14-17)21(25)24-12-10-15(11-13-24)20-23-18-8-3-4-9-19(18)28-20/h3-9,14-15,22H,2,10-13H2,1H3. The molecule has 0 spiro atoms. The van der Waals surface area contributed by atoms with Gasteiger partial charge in [-0.1, -0.05) is 25.1 Å². The van der Waals surface area contributed by atoms with Gasteiger partial charge < -0.3 is 9.32 Å². The van der Waals surface area contributed by atoms with Gasteiger partial charge in [-0.25, -0.2) is 18.1 Å². The first-order chi connectivity index (χ1) is 14.0. The second-order valence-corrected chi connectivity index (χ2v) is 8.88. The molecule has 3 aromatic rings. The van der Waals surface area contributed by atoms with Gasteiger partial charge in [-0.3, -0.25) is 4.79 Å². The number of oxazole rings is 1. The van der Waals surface area contributed by atoms with Gasteiger partial charge in [0, 0.05) is 31.1 Å². The molecule has 0 saturated carbocycles. The molecule has 29 heavy (non-hydrogen) atoms. The fraction of sp³-hybridized carbons (Fsp3) is 0.333. The first-order valence-electron chi connectivity index (χ1n) is 9.72. The first kappa shape index (κ1) is 19.6. The van der Waals surface area contributed by atoms with Crippen molar-refractivity contribution in [2.75, 3.05) is 19.6 Å². The monoisotopic (exact) mass is 413 g/mol. The second-order valence-electron chi connectivity index (χ2n) is 7.12. The molecule has 1 amide bonds. The van der Waals surface area contributed by atoms with Gasteiger partial charge in [-0.2, -0.15) is 0 Å². The molecule has 1 N–H and O–H groups in total. The van der Waals surface area contributed by atoms with Crippen LogP contribution in [0.15, 0.2) is 57.8 Å². The third kappa shape index (κ3) is 4.04. The van der Waals surface area contributed by atoms with E-state index in [0.717, 1.165) is 29.8 Å². The molecule has 0 bridgehead atoms. The zero-order valence-corrected chi connectivity index (χ0v) is 17.0. The van der Waals surface area contributed by atoms with Crippen molar-refractivity contribution in [3.8, 4) is 0 Å². The summed E-state index contributed by atoms with van der Waals surface area (Å²) < 4.78 is 32.7. The number of nitrogens with one attached hydrogen (secondary N) is 1. The molecule has 0 atom stereocenters. The van der Waals surface area contributed by atoms with Crippen LogP contribution in [0.3, 0.4) is 0 Å². The highest BCUT2D eigenvalue weighted by Gasteiger charge is 2.28. The maximum Gasteiger partial charge on any atom is 0.253 e. The Kier molecular flexibility index (Phi) is 5.38. The number of hydrogen-bond acceptors (Lipinski definition) is 5. The number of amides is 1. The number of para-hydroxylation sites is 2. The van der Waals surface area contributed by atoms with E-state index in [9.17, 15) is 13.2 Å². The molecule has 2 heterocycles. The van der Waals surface area contributed by atoms with Gasteiger partial charge in [0.2, 0.25) is 10.0 Å². The minimum atomic E-state index is -3.60. The number of piperidine rings is 1. The van der Waals surface area contributed by atoms with Gasteiger partial charge in [-0.15, -0.1) is 0 Å². The van der Waals surface area contributed by atoms with Crippen molar-refractivity contribution in [2.24, 2.45) is 0 Å². The lowest BCUT2D eigenvalue weighted by Crippen LogP contribution is -2.38. The number of likely N-dealkylation sites (tertiary alicyclic amines) is 1. The van der Waals surface area contributed by atoms with Gasteiger partial charge in [0.05, 0.1) is 4.90 Å². The molecule has 152 valence electrons. The summed E-state index contributed by atoms with van der Waals surface area (Å²) in [6.07, 6.45) is 1.52. The van der Waals surface area contributed by atoms with E-state index in [4.69, 9.17) is 4.42 Å². The molecule has 4 rings (SSSR count). The van der Waals surface area contributed by atoms with Crippen LogP contribution in [0.2, 0.25) is 0 Å². The van der Waals surface area contributed by atoms with Crippen LogP contribution in [0.25, 0.3) is 11.1 Å². The van der Waals surface area contributed by atoms with E-state index in [2.05, 4.69) is 9.71 Å². The SMILES string of the molecule is CCNS(=O)(=O)c1cccc(C(=O)N2CCC(c3nc4ccccc4o3)CC2)c1. The van der Waals surface area contributed by atoms with E-state index in [0.29, 0.717) is 25.2 Å². The predicted molar refractivity (Wildman–Crippen MR) is 109 cm³/mol. The summed E-state index contributed by atoms with van der Waals surface area (Å²) >= 11 is 0. The molecule has 8 heteroatoms. The number of carbonyl (C=O) groups excluding carboxylic acids is 1. The fourth-order valence-corrected chi connectivity index (χ4v) is 4.73. The summed E-state index contributed by atoms with van der Waals surface area (Å²) in [4.78, 5) is 19.3. The number of sulfonamides is 1. The van der Waals surface area contributed by atoms with Crippen molar-refractivity contribution in [2.45, 2.75) is 30.6 Å². The Hall–Kier alpha value is -2.71. The van der Waals surface area contributed by atoms with Gasteiger partial charge in [-0.05, 0) is 43.2 Å². The summed E-state index contributed by atoms with van der Waals surface area (Å²) in [5, 5.41) is 0. The molecule has 0 unspecified atom stereocenters. The summed E-state index contributed by atoms with van der Waals surface area (Å²) in [6.45, 7) is 3.16. The van der Waals surface area contributed by atoms with Crippen molar-refractivity contribution in [1.29, 1.82) is 0 Å². The van der Waals surface area contributed by atoms with E-state index in [1.807, 2.05) is 24.3 Å². The number of carbonyl (C=O) groups is 1. The third-order valence-corrected chi connectivity index (χ3v) is 6.71. The topological polar surface area (TPSA) is 92.5 Å². The molecule has 1 aliphatic rings. The number of fused-ring (bicyclic) bond motifs is 1. The normalized spacial score (nSPS) is 15.7. The summed E-state index contributed by atoms with van der Waals surface area (Å²) in [5.41, 5.74) is 2.00. The summed E-state index contributed by atoms with van der Waals surface area (Å²) in [5.74, 6) is 0.735. The minimum Gasteiger partial charge on any atom is -0.440 e. The number of benzene rings is 2. The molecule has 7 nitrogen and oxygen atoms in total. The van der Waals surface area contributed by atoms with Gasteiger partial charge in [0.1, 0.15) is 5.52 Å². The summed E-state index contributed by atoms with van der Waals surface area (Å²) in [7, 11) is -3.60. The van der Waals surface area contributed by atoms with Crippen molar-refractivity contribution in [3.63, 3.8) is 0 Å². The van der Waals surface area contributed by atoms with Crippen LogP contribution in [-0.4, -0.2) is 43.8 Å². The average molecular weight is 413 g/mol. The van der Waals surface area contributed by atoms with E-state index < -0.39 is 10.0 Å². The van der Waals surface area contributed by atoms with Crippen molar-refractivity contribution in [3.05, 3.63) is 60.0 Å². The first-order valence-corrected chi connectivity index (χ1v) is 11.2. The molecule has 1 aliphatic heterocycles. The van der Waals surface area contributed by atoms with Gasteiger partial charge >= 0.3 is 0 Å². The van der Waals surface area contributed by atoms with E-state index >= 15 is 0 Å². The lowest BCUT2D eigenvalue weighted by atomic mass is 9.96. The Morgan fingerprint density at radius 3 is 2.66 bits per heavy atom. The maximum atomic E-state index is 12.9. The number of aromatic nitrogens is 1. The van der Waals surface area contributed by atoms with Crippen LogP contribution >= 0.6 is 0 Å². The molecule has 0 radical (unpaired) electrons. The number of nitrogens with zero attached hydrogens (tertiary/aromatic N) is 2. The third-order valence-electron chi connectivity index (χ3n) is 5.17. The second kappa shape index (κ2) is 7.96. The largest absolute Gasteiger partial charge is 0.440 e. The fourth-order valence-electron chi connectivity index (χ4n) is 3.65. The number of hydrogen-bond donors (Lipinski definition) is 1. The van der Waals surface area contributed by atoms with Gasteiger partial charge in [0.15, 0.2) is 11.5 Å². The molecule has 1 fully saturated rings. The van der Waals surface area contributed by atoms with Crippen LogP contribution in [0.1, 0.15) is 41.9 Å².